The first-order valence-electron chi connectivity index (χ1n) is 17.3. The van der Waals surface area contributed by atoms with E-state index in [2.05, 4.69) is 16.1 Å². The lowest BCUT2D eigenvalue weighted by Crippen LogP contribution is -2.61. The van der Waals surface area contributed by atoms with Crippen molar-refractivity contribution in [2.75, 3.05) is 26.2 Å². The topological polar surface area (TPSA) is 203 Å². The van der Waals surface area contributed by atoms with Crippen molar-refractivity contribution in [1.29, 1.82) is 0 Å². The molecule has 4 rings (SSSR count). The molecule has 0 aliphatic carbocycles. The molecule has 2 unspecified atom stereocenters. The van der Waals surface area contributed by atoms with E-state index >= 15 is 0 Å². The van der Waals surface area contributed by atoms with Crippen molar-refractivity contribution in [3.8, 4) is 0 Å². The summed E-state index contributed by atoms with van der Waals surface area (Å²) >= 11 is 0. The molecule has 15 heteroatoms. The maximum Gasteiger partial charge on any atom is 0.410 e. The minimum atomic E-state index is -1.77. The number of rotatable bonds is 11. The average Bonchev–Trinajstić information content (AvgIpc) is 3.08. The highest BCUT2D eigenvalue weighted by Gasteiger charge is 2.44. The molecule has 2 fully saturated rings. The van der Waals surface area contributed by atoms with Crippen LogP contribution in [0.3, 0.4) is 0 Å². The maximum absolute atomic E-state index is 13.3. The number of nitrogens with zero attached hydrogens (tertiary/aromatic N) is 3. The van der Waals surface area contributed by atoms with Crippen molar-refractivity contribution in [1.82, 2.24) is 31.0 Å². The van der Waals surface area contributed by atoms with Gasteiger partial charge >= 0.3 is 12.1 Å². The lowest BCUT2D eigenvalue weighted by Gasteiger charge is -2.38. The van der Waals surface area contributed by atoms with Crippen molar-refractivity contribution in [2.45, 2.75) is 103 Å². The Hall–Kier alpha value is -4.15. The van der Waals surface area contributed by atoms with Gasteiger partial charge in [-0.3, -0.25) is 24.9 Å². The Balaban J connectivity index is 1.41. The molecule has 6 atom stereocenters. The summed E-state index contributed by atoms with van der Waals surface area (Å²) in [5.41, 5.74) is 2.39. The Labute approximate surface area is 298 Å². The summed E-state index contributed by atoms with van der Waals surface area (Å²) in [4.78, 5) is 57.6. The lowest BCUT2D eigenvalue weighted by atomic mass is 9.99. The van der Waals surface area contributed by atoms with Gasteiger partial charge < -0.3 is 35.0 Å². The minimum absolute atomic E-state index is 0.0246. The number of fused-ring (bicyclic) bond motifs is 1. The third-order valence-electron chi connectivity index (χ3n) is 8.81. The Bertz CT molecular complexity index is 1610. The first-order valence-corrected chi connectivity index (χ1v) is 17.3. The van der Waals surface area contributed by atoms with Crippen molar-refractivity contribution in [3.05, 3.63) is 47.7 Å². The number of pyridine rings is 1. The van der Waals surface area contributed by atoms with E-state index in [1.807, 2.05) is 31.2 Å². The van der Waals surface area contributed by atoms with Crippen molar-refractivity contribution in [3.63, 3.8) is 0 Å². The second kappa shape index (κ2) is 16.5. The summed E-state index contributed by atoms with van der Waals surface area (Å²) < 4.78 is 11.1. The van der Waals surface area contributed by atoms with Crippen LogP contribution >= 0.6 is 0 Å². The fourth-order valence-electron chi connectivity index (χ4n) is 5.80. The molecule has 51 heavy (non-hydrogen) atoms. The molecule has 0 spiro atoms. The van der Waals surface area contributed by atoms with Gasteiger partial charge in [0.15, 0.2) is 0 Å². The quantitative estimate of drug-likeness (QED) is 0.186. The number of morpholine rings is 1. The normalized spacial score (nSPS) is 22.4. The van der Waals surface area contributed by atoms with Gasteiger partial charge in [0, 0.05) is 18.5 Å². The molecular formula is C36H52N6O9. The van der Waals surface area contributed by atoms with Crippen LogP contribution in [0.25, 0.3) is 17.0 Å². The molecule has 6 N–H and O–H groups in total. The van der Waals surface area contributed by atoms with Gasteiger partial charge in [0.05, 0.1) is 42.5 Å². The van der Waals surface area contributed by atoms with Crippen molar-refractivity contribution < 1.29 is 44.0 Å². The highest BCUT2D eigenvalue weighted by Crippen LogP contribution is 2.25. The summed E-state index contributed by atoms with van der Waals surface area (Å²) in [5, 5.41) is 38.4. The summed E-state index contributed by atoms with van der Waals surface area (Å²) in [7, 11) is 0. The van der Waals surface area contributed by atoms with Crippen molar-refractivity contribution >= 4 is 40.9 Å². The second-order valence-corrected chi connectivity index (χ2v) is 14.6. The molecule has 0 radical (unpaired) electrons. The Morgan fingerprint density at radius 1 is 1.10 bits per heavy atom. The number of hydrazine groups is 1. The molecule has 2 aromatic rings. The number of hydrogen-bond donors (Lipinski definition) is 6. The monoisotopic (exact) mass is 712 g/mol. The fourth-order valence-corrected chi connectivity index (χ4v) is 5.80. The van der Waals surface area contributed by atoms with Crippen LogP contribution in [-0.4, -0.2) is 116 Å². The number of carbonyl (C=O) groups excluding carboxylic acids is 3. The number of carbonyl (C=O) groups is 4. The highest BCUT2D eigenvalue weighted by atomic mass is 16.6. The third-order valence-corrected chi connectivity index (χ3v) is 8.81. The van der Waals surface area contributed by atoms with Gasteiger partial charge in [-0.1, -0.05) is 38.1 Å². The van der Waals surface area contributed by atoms with E-state index in [9.17, 15) is 34.5 Å². The maximum atomic E-state index is 13.3. The van der Waals surface area contributed by atoms with Crippen LogP contribution in [0.5, 0.6) is 0 Å². The van der Waals surface area contributed by atoms with Crippen LogP contribution in [0, 0.1) is 5.92 Å². The second-order valence-electron chi connectivity index (χ2n) is 14.6. The summed E-state index contributed by atoms with van der Waals surface area (Å²) in [6.07, 6.45) is 1.22. The Kier molecular flexibility index (Phi) is 12.8. The first kappa shape index (κ1) is 39.6. The van der Waals surface area contributed by atoms with E-state index in [0.717, 1.165) is 5.39 Å². The third kappa shape index (κ3) is 10.2. The number of aromatic nitrogens is 1. The number of carboxylic acid groups (broad SMARTS) is 1. The van der Waals surface area contributed by atoms with E-state index < -0.39 is 53.7 Å². The van der Waals surface area contributed by atoms with E-state index in [0.29, 0.717) is 36.2 Å². The van der Waals surface area contributed by atoms with Gasteiger partial charge in [0.25, 0.3) is 5.91 Å². The van der Waals surface area contributed by atoms with Gasteiger partial charge in [-0.05, 0) is 77.2 Å². The SMILES string of the molecule is CC(C)[C@H](O)C(O)N[C@@H](C)C(=O)N1CCC[C@@H](C(=O)N[C@H](C)c2ccc3ccc(/C=C/C4(C(=O)O)CN(C(=O)OC(C)(C)C)CCO4)cc3n2)N1. The molecule has 2 aliphatic rings. The zero-order valence-corrected chi connectivity index (χ0v) is 30.4. The van der Waals surface area contributed by atoms with E-state index in [4.69, 9.17) is 14.5 Å². The molecule has 0 bridgehead atoms. The van der Waals surface area contributed by atoms with E-state index in [1.165, 1.54) is 16.0 Å². The zero-order chi connectivity index (χ0) is 37.7. The number of ether oxygens (including phenoxy) is 2. The van der Waals surface area contributed by atoms with Gasteiger partial charge in [-0.15, -0.1) is 0 Å². The number of hydrogen-bond acceptors (Lipinski definition) is 11. The number of aliphatic hydroxyl groups is 2. The predicted octanol–water partition coefficient (Wildman–Crippen LogP) is 2.32. The number of benzene rings is 1. The predicted molar refractivity (Wildman–Crippen MR) is 189 cm³/mol. The molecule has 1 aromatic heterocycles. The molecule has 3 heterocycles. The Morgan fingerprint density at radius 3 is 2.47 bits per heavy atom. The molecule has 3 amide bonds. The fraction of sp³-hybridized carbons (Fsp3) is 0.583. The minimum Gasteiger partial charge on any atom is -0.479 e. The largest absolute Gasteiger partial charge is 0.479 e. The standard InChI is InChI=1S/C36H52N6O9/c1-21(2)29(43)31(45)38-23(4)32(46)42-16-8-9-27(40-42)30(44)37-22(3)26-13-12-25-11-10-24(19-28(25)39-26)14-15-36(33(47)48)20-41(17-18-50-36)34(49)51-35(5,6)7/h10-15,19,21-23,27,29,31,38,40,43,45H,8-9,16-18,20H2,1-7H3,(H,37,44)(H,47,48)/b15-14+/t22-,23+,27+,29+,31?,36?/m1/s1. The van der Waals surface area contributed by atoms with Gasteiger partial charge in [-0.25, -0.2) is 15.0 Å². The smallest absolute Gasteiger partial charge is 0.410 e. The average molecular weight is 713 g/mol. The molecule has 2 saturated heterocycles. The highest BCUT2D eigenvalue weighted by molar-refractivity contribution is 5.86. The number of aliphatic hydroxyl groups excluding tert-OH is 2. The number of carboxylic acids is 1. The summed E-state index contributed by atoms with van der Waals surface area (Å²) in [5.74, 6) is -2.10. The van der Waals surface area contributed by atoms with Gasteiger partial charge in [0.1, 0.15) is 17.9 Å². The molecule has 0 saturated carbocycles. The lowest BCUT2D eigenvalue weighted by molar-refractivity contribution is -0.167. The van der Waals surface area contributed by atoms with E-state index in [-0.39, 0.29) is 37.4 Å². The van der Waals surface area contributed by atoms with Crippen LogP contribution in [0.4, 0.5) is 4.79 Å². The number of amides is 3. The van der Waals surface area contributed by atoms with Gasteiger partial charge in [-0.2, -0.15) is 0 Å². The van der Waals surface area contributed by atoms with Crippen LogP contribution in [0.15, 0.2) is 36.4 Å². The first-order chi connectivity index (χ1) is 23.9. The van der Waals surface area contributed by atoms with Crippen LogP contribution in [-0.2, 0) is 23.9 Å². The number of nitrogens with one attached hydrogen (secondary N) is 3. The summed E-state index contributed by atoms with van der Waals surface area (Å²) in [6.45, 7) is 12.5. The molecule has 280 valence electrons. The zero-order valence-electron chi connectivity index (χ0n) is 30.4. The van der Waals surface area contributed by atoms with Crippen LogP contribution in [0.1, 0.15) is 78.6 Å². The molecule has 1 aromatic carbocycles. The van der Waals surface area contributed by atoms with Gasteiger partial charge in [0.2, 0.25) is 11.5 Å². The van der Waals surface area contributed by atoms with Crippen molar-refractivity contribution in [2.24, 2.45) is 5.92 Å². The molecule has 15 nitrogen and oxygen atoms in total. The summed E-state index contributed by atoms with van der Waals surface area (Å²) in [6, 6.07) is 7.22. The van der Waals surface area contributed by atoms with E-state index in [1.54, 1.807) is 53.7 Å². The Morgan fingerprint density at radius 2 is 1.80 bits per heavy atom. The molecular weight excluding hydrogens is 660 g/mol. The van der Waals surface area contributed by atoms with Crippen LogP contribution < -0.4 is 16.1 Å². The number of aliphatic carboxylic acids is 1. The van der Waals surface area contributed by atoms with Crippen LogP contribution in [0.2, 0.25) is 0 Å². The molecule has 2 aliphatic heterocycles.